The molecule has 0 amide bonds. The van der Waals surface area contributed by atoms with Crippen LogP contribution in [-0.2, 0) is 13.1 Å². The van der Waals surface area contributed by atoms with Gasteiger partial charge in [-0.15, -0.1) is 0 Å². The summed E-state index contributed by atoms with van der Waals surface area (Å²) in [5.41, 5.74) is 1.28. The highest BCUT2D eigenvalue weighted by Gasteiger charge is 2.30. The summed E-state index contributed by atoms with van der Waals surface area (Å²) in [5.74, 6) is 2.01. The van der Waals surface area contributed by atoms with Gasteiger partial charge in [-0.3, -0.25) is 4.90 Å². The fourth-order valence-electron chi connectivity index (χ4n) is 2.16. The van der Waals surface area contributed by atoms with E-state index in [1.165, 1.54) is 18.4 Å². The third-order valence-corrected chi connectivity index (χ3v) is 3.60. The maximum Gasteiger partial charge on any atom is 0.122 e. The van der Waals surface area contributed by atoms with Crippen LogP contribution in [0.1, 0.15) is 31.1 Å². The van der Waals surface area contributed by atoms with Crippen LogP contribution in [0.25, 0.3) is 0 Å². The smallest absolute Gasteiger partial charge is 0.122 e. The summed E-state index contributed by atoms with van der Waals surface area (Å²) in [4.78, 5) is 2.40. The summed E-state index contributed by atoms with van der Waals surface area (Å²) in [6.45, 7) is 4.12. The van der Waals surface area contributed by atoms with Crippen molar-refractivity contribution in [2.24, 2.45) is 5.92 Å². The molecule has 0 bridgehead atoms. The van der Waals surface area contributed by atoms with Crippen molar-refractivity contribution in [3.8, 4) is 0 Å². The average Bonchev–Trinajstić information content (AvgIpc) is 3.03. The third-order valence-electron chi connectivity index (χ3n) is 3.60. The van der Waals surface area contributed by atoms with Gasteiger partial charge in [-0.2, -0.15) is 0 Å². The Morgan fingerprint density at radius 3 is 2.94 bits per heavy atom. The van der Waals surface area contributed by atoms with Gasteiger partial charge >= 0.3 is 0 Å². The first-order chi connectivity index (χ1) is 7.72. The molecule has 1 saturated carbocycles. The van der Waals surface area contributed by atoms with Crippen LogP contribution in [-0.4, -0.2) is 25.0 Å². The van der Waals surface area contributed by atoms with Gasteiger partial charge in [-0.25, -0.2) is 0 Å². The van der Waals surface area contributed by atoms with Gasteiger partial charge in [0.1, 0.15) is 5.76 Å². The number of hydrogen-bond donors (Lipinski definition) is 1. The molecule has 1 fully saturated rings. The predicted octanol–water partition coefficient (Wildman–Crippen LogP) is 2.23. The summed E-state index contributed by atoms with van der Waals surface area (Å²) in [6.07, 6.45) is 4.58. The van der Waals surface area contributed by atoms with E-state index in [1.807, 2.05) is 7.05 Å². The van der Waals surface area contributed by atoms with Gasteiger partial charge < -0.3 is 9.73 Å². The molecule has 1 N–H and O–H groups in total. The van der Waals surface area contributed by atoms with Crippen molar-refractivity contribution < 1.29 is 4.42 Å². The van der Waals surface area contributed by atoms with E-state index in [-0.39, 0.29) is 0 Å². The molecular weight excluding hydrogens is 200 g/mol. The van der Waals surface area contributed by atoms with Gasteiger partial charge in [-0.1, -0.05) is 0 Å². The Hall–Kier alpha value is -0.800. The highest BCUT2D eigenvalue weighted by Crippen LogP contribution is 2.35. The standard InChI is InChI=1S/C13H22N2O/c1-10(11-4-5-11)15(3)9-13-12(8-14-2)6-7-16-13/h6-7,10-11,14H,4-5,8-9H2,1-3H3. The molecule has 0 saturated heterocycles. The molecule has 1 atom stereocenters. The Morgan fingerprint density at radius 1 is 1.56 bits per heavy atom. The molecule has 0 aromatic carbocycles. The molecule has 1 aromatic rings. The molecule has 0 spiro atoms. The lowest BCUT2D eigenvalue weighted by molar-refractivity contribution is 0.209. The maximum atomic E-state index is 5.56. The van der Waals surface area contributed by atoms with Crippen LogP contribution < -0.4 is 5.32 Å². The van der Waals surface area contributed by atoms with Gasteiger partial charge in [0.2, 0.25) is 0 Å². The quantitative estimate of drug-likeness (QED) is 0.800. The van der Waals surface area contributed by atoms with E-state index in [2.05, 4.69) is 30.3 Å². The monoisotopic (exact) mass is 222 g/mol. The van der Waals surface area contributed by atoms with Crippen LogP contribution in [0, 0.1) is 5.92 Å². The van der Waals surface area contributed by atoms with E-state index in [0.29, 0.717) is 6.04 Å². The first kappa shape index (κ1) is 11.7. The largest absolute Gasteiger partial charge is 0.468 e. The SMILES string of the molecule is CNCc1ccoc1CN(C)C(C)C1CC1. The fraction of sp³-hybridized carbons (Fsp3) is 0.692. The van der Waals surface area contributed by atoms with Gasteiger partial charge in [0, 0.05) is 18.2 Å². The van der Waals surface area contributed by atoms with Crippen LogP contribution >= 0.6 is 0 Å². The second kappa shape index (κ2) is 5.02. The predicted molar refractivity (Wildman–Crippen MR) is 65.1 cm³/mol. The van der Waals surface area contributed by atoms with Crippen LogP contribution in [0.5, 0.6) is 0 Å². The van der Waals surface area contributed by atoms with Crippen LogP contribution in [0.2, 0.25) is 0 Å². The number of hydrogen-bond acceptors (Lipinski definition) is 3. The lowest BCUT2D eigenvalue weighted by atomic mass is 10.1. The summed E-state index contributed by atoms with van der Waals surface area (Å²) in [6, 6.07) is 2.73. The first-order valence-corrected chi connectivity index (χ1v) is 6.12. The molecular formula is C13H22N2O. The van der Waals surface area contributed by atoms with Crippen LogP contribution in [0.3, 0.4) is 0 Å². The first-order valence-electron chi connectivity index (χ1n) is 6.12. The number of nitrogens with zero attached hydrogens (tertiary/aromatic N) is 1. The number of nitrogens with one attached hydrogen (secondary N) is 1. The Bertz CT molecular complexity index is 330. The zero-order chi connectivity index (χ0) is 11.5. The lowest BCUT2D eigenvalue weighted by Gasteiger charge is -2.23. The van der Waals surface area contributed by atoms with Crippen LogP contribution in [0.4, 0.5) is 0 Å². The summed E-state index contributed by atoms with van der Waals surface area (Å²) in [5, 5.41) is 3.17. The Balaban J connectivity index is 1.93. The summed E-state index contributed by atoms with van der Waals surface area (Å²) >= 11 is 0. The Kier molecular flexibility index (Phi) is 3.66. The maximum absolute atomic E-state index is 5.56. The minimum Gasteiger partial charge on any atom is -0.468 e. The zero-order valence-corrected chi connectivity index (χ0v) is 10.5. The third kappa shape index (κ3) is 2.66. The highest BCUT2D eigenvalue weighted by atomic mass is 16.3. The van der Waals surface area contributed by atoms with E-state index in [4.69, 9.17) is 4.42 Å². The van der Waals surface area contributed by atoms with E-state index >= 15 is 0 Å². The molecule has 3 heteroatoms. The molecule has 2 rings (SSSR count). The molecule has 16 heavy (non-hydrogen) atoms. The molecule has 0 aliphatic heterocycles. The van der Waals surface area contributed by atoms with Gasteiger partial charge in [0.15, 0.2) is 0 Å². The van der Waals surface area contributed by atoms with Crippen molar-refractivity contribution in [1.82, 2.24) is 10.2 Å². The van der Waals surface area contributed by atoms with E-state index < -0.39 is 0 Å². The normalized spacial score (nSPS) is 18.0. The van der Waals surface area contributed by atoms with Crippen molar-refractivity contribution >= 4 is 0 Å². The number of furan rings is 1. The average molecular weight is 222 g/mol. The molecule has 3 nitrogen and oxygen atoms in total. The van der Waals surface area contributed by atoms with Crippen molar-refractivity contribution in [1.29, 1.82) is 0 Å². The molecule has 0 radical (unpaired) electrons. The van der Waals surface area contributed by atoms with Crippen molar-refractivity contribution in [2.75, 3.05) is 14.1 Å². The molecule has 1 aliphatic rings. The topological polar surface area (TPSA) is 28.4 Å². The van der Waals surface area contributed by atoms with E-state index in [1.54, 1.807) is 6.26 Å². The zero-order valence-electron chi connectivity index (χ0n) is 10.5. The van der Waals surface area contributed by atoms with Crippen molar-refractivity contribution in [3.05, 3.63) is 23.7 Å². The van der Waals surface area contributed by atoms with Crippen LogP contribution in [0.15, 0.2) is 16.7 Å². The summed E-state index contributed by atoms with van der Waals surface area (Å²) < 4.78 is 5.56. The van der Waals surface area contributed by atoms with Crippen molar-refractivity contribution in [2.45, 2.75) is 38.9 Å². The highest BCUT2D eigenvalue weighted by molar-refractivity contribution is 5.16. The number of rotatable bonds is 6. The van der Waals surface area contributed by atoms with Gasteiger partial charge in [-0.05, 0) is 45.8 Å². The van der Waals surface area contributed by atoms with E-state index in [9.17, 15) is 0 Å². The second-order valence-corrected chi connectivity index (χ2v) is 4.89. The molecule has 1 unspecified atom stereocenters. The minimum absolute atomic E-state index is 0.674. The summed E-state index contributed by atoms with van der Waals surface area (Å²) in [7, 11) is 4.15. The Labute approximate surface area is 97.8 Å². The van der Waals surface area contributed by atoms with E-state index in [0.717, 1.165) is 24.8 Å². The molecule has 1 aromatic heterocycles. The minimum atomic E-state index is 0.674. The van der Waals surface area contributed by atoms with Crippen molar-refractivity contribution in [3.63, 3.8) is 0 Å². The second-order valence-electron chi connectivity index (χ2n) is 4.89. The van der Waals surface area contributed by atoms with Gasteiger partial charge in [0.05, 0.1) is 12.8 Å². The molecule has 1 aliphatic carbocycles. The molecule has 90 valence electrons. The lowest BCUT2D eigenvalue weighted by Crippen LogP contribution is -2.30. The molecule has 1 heterocycles. The Morgan fingerprint density at radius 2 is 2.31 bits per heavy atom. The fourth-order valence-corrected chi connectivity index (χ4v) is 2.16. The van der Waals surface area contributed by atoms with Gasteiger partial charge in [0.25, 0.3) is 0 Å².